The fraction of sp³-hybridized carbons (Fsp3) is 0.500. The Morgan fingerprint density at radius 1 is 1.33 bits per heavy atom. The number of nitrogens with zero attached hydrogens (tertiary/aromatic N) is 1. The molecule has 0 bridgehead atoms. The Hall–Kier alpha value is -1.06. The van der Waals surface area contributed by atoms with Crippen LogP contribution in [-0.4, -0.2) is 32.2 Å². The van der Waals surface area contributed by atoms with Crippen molar-refractivity contribution in [3.05, 3.63) is 29.3 Å². The van der Waals surface area contributed by atoms with Gasteiger partial charge in [0.05, 0.1) is 6.61 Å². The summed E-state index contributed by atoms with van der Waals surface area (Å²) in [6.45, 7) is 3.93. The van der Waals surface area contributed by atoms with E-state index >= 15 is 0 Å². The Labute approximate surface area is 91.0 Å². The molecule has 0 spiro atoms. The SMILES string of the molecule is CNc1ccc2c(c1)CN(CCOC)C2. The molecule has 0 saturated heterocycles. The summed E-state index contributed by atoms with van der Waals surface area (Å²) >= 11 is 0. The molecule has 1 N–H and O–H groups in total. The summed E-state index contributed by atoms with van der Waals surface area (Å²) in [6, 6.07) is 6.59. The lowest BCUT2D eigenvalue weighted by atomic mass is 10.1. The zero-order valence-electron chi connectivity index (χ0n) is 9.42. The monoisotopic (exact) mass is 206 g/mol. The molecule has 0 aromatic heterocycles. The maximum Gasteiger partial charge on any atom is 0.0589 e. The van der Waals surface area contributed by atoms with E-state index in [1.807, 2.05) is 7.05 Å². The zero-order chi connectivity index (χ0) is 10.7. The van der Waals surface area contributed by atoms with Crippen molar-refractivity contribution in [1.82, 2.24) is 4.90 Å². The van der Waals surface area contributed by atoms with Crippen LogP contribution in [0.25, 0.3) is 0 Å². The molecule has 0 atom stereocenters. The van der Waals surface area contributed by atoms with E-state index in [-0.39, 0.29) is 0 Å². The van der Waals surface area contributed by atoms with Gasteiger partial charge in [0.25, 0.3) is 0 Å². The lowest BCUT2D eigenvalue weighted by Crippen LogP contribution is -2.21. The van der Waals surface area contributed by atoms with Gasteiger partial charge in [0.15, 0.2) is 0 Å². The summed E-state index contributed by atoms with van der Waals surface area (Å²) in [4.78, 5) is 2.41. The lowest BCUT2D eigenvalue weighted by molar-refractivity contribution is 0.147. The normalized spacial score (nSPS) is 15.3. The number of hydrogen-bond donors (Lipinski definition) is 1. The molecule has 0 radical (unpaired) electrons. The molecule has 15 heavy (non-hydrogen) atoms. The highest BCUT2D eigenvalue weighted by Crippen LogP contribution is 2.25. The fourth-order valence-electron chi connectivity index (χ4n) is 2.00. The summed E-state index contributed by atoms with van der Waals surface area (Å²) in [6.07, 6.45) is 0. The first-order chi connectivity index (χ1) is 7.33. The molecular formula is C12H18N2O. The Bertz CT molecular complexity index is 338. The molecule has 1 heterocycles. The van der Waals surface area contributed by atoms with E-state index in [0.717, 1.165) is 26.2 Å². The molecular weight excluding hydrogens is 188 g/mol. The Kier molecular flexibility index (Phi) is 3.23. The Balaban J connectivity index is 2.03. The minimum atomic E-state index is 0.812. The topological polar surface area (TPSA) is 24.5 Å². The third-order valence-corrected chi connectivity index (χ3v) is 2.89. The molecule has 0 unspecified atom stereocenters. The minimum absolute atomic E-state index is 0.812. The van der Waals surface area contributed by atoms with Crippen LogP contribution in [-0.2, 0) is 17.8 Å². The number of nitrogens with one attached hydrogen (secondary N) is 1. The van der Waals surface area contributed by atoms with Gasteiger partial charge < -0.3 is 10.1 Å². The van der Waals surface area contributed by atoms with E-state index in [1.165, 1.54) is 16.8 Å². The van der Waals surface area contributed by atoms with Crippen LogP contribution in [0.4, 0.5) is 5.69 Å². The van der Waals surface area contributed by atoms with Gasteiger partial charge in [0, 0.05) is 39.5 Å². The Morgan fingerprint density at radius 3 is 2.87 bits per heavy atom. The summed E-state index contributed by atoms with van der Waals surface area (Å²) in [5.41, 5.74) is 4.09. The fourth-order valence-corrected chi connectivity index (χ4v) is 2.00. The summed E-state index contributed by atoms with van der Waals surface area (Å²) in [5.74, 6) is 0. The van der Waals surface area contributed by atoms with Gasteiger partial charge >= 0.3 is 0 Å². The standard InChI is InChI=1S/C12H18N2O/c1-13-12-4-3-10-8-14(5-6-15-2)9-11(10)7-12/h3-4,7,13H,5-6,8-9H2,1-2H3. The third kappa shape index (κ3) is 2.30. The second kappa shape index (κ2) is 4.64. The molecule has 3 nitrogen and oxygen atoms in total. The van der Waals surface area contributed by atoms with Gasteiger partial charge in [-0.25, -0.2) is 0 Å². The number of rotatable bonds is 4. The summed E-state index contributed by atoms with van der Waals surface area (Å²) in [5, 5.41) is 3.17. The second-order valence-electron chi connectivity index (χ2n) is 3.94. The average molecular weight is 206 g/mol. The molecule has 1 aromatic carbocycles. The third-order valence-electron chi connectivity index (χ3n) is 2.89. The smallest absolute Gasteiger partial charge is 0.0589 e. The van der Waals surface area contributed by atoms with E-state index in [0.29, 0.717) is 0 Å². The van der Waals surface area contributed by atoms with Gasteiger partial charge in [-0.05, 0) is 23.3 Å². The van der Waals surface area contributed by atoms with Crippen LogP contribution in [0, 0.1) is 0 Å². The van der Waals surface area contributed by atoms with E-state index in [4.69, 9.17) is 4.74 Å². The molecule has 2 rings (SSSR count). The molecule has 1 aromatic rings. The maximum atomic E-state index is 5.09. The van der Waals surface area contributed by atoms with Crippen LogP contribution in [0.5, 0.6) is 0 Å². The highest BCUT2D eigenvalue weighted by Gasteiger charge is 2.18. The van der Waals surface area contributed by atoms with Crippen LogP contribution in [0.1, 0.15) is 11.1 Å². The van der Waals surface area contributed by atoms with E-state index in [9.17, 15) is 0 Å². The molecule has 0 aliphatic carbocycles. The summed E-state index contributed by atoms with van der Waals surface area (Å²) in [7, 11) is 3.71. The van der Waals surface area contributed by atoms with Gasteiger partial charge in [0.2, 0.25) is 0 Å². The maximum absolute atomic E-state index is 5.09. The van der Waals surface area contributed by atoms with Crippen molar-refractivity contribution in [2.75, 3.05) is 32.6 Å². The summed E-state index contributed by atoms with van der Waals surface area (Å²) < 4.78 is 5.09. The Morgan fingerprint density at radius 2 is 2.13 bits per heavy atom. The van der Waals surface area contributed by atoms with Gasteiger partial charge in [-0.2, -0.15) is 0 Å². The molecule has 0 amide bonds. The molecule has 1 aliphatic heterocycles. The first-order valence-corrected chi connectivity index (χ1v) is 5.34. The van der Waals surface area contributed by atoms with Crippen molar-refractivity contribution >= 4 is 5.69 Å². The van der Waals surface area contributed by atoms with Crippen molar-refractivity contribution in [2.45, 2.75) is 13.1 Å². The minimum Gasteiger partial charge on any atom is -0.388 e. The number of benzene rings is 1. The zero-order valence-corrected chi connectivity index (χ0v) is 9.42. The molecule has 0 fully saturated rings. The van der Waals surface area contributed by atoms with Gasteiger partial charge in [-0.15, -0.1) is 0 Å². The first kappa shape index (κ1) is 10.5. The second-order valence-corrected chi connectivity index (χ2v) is 3.94. The largest absolute Gasteiger partial charge is 0.388 e. The van der Waals surface area contributed by atoms with Crippen LogP contribution < -0.4 is 5.32 Å². The number of ether oxygens (including phenoxy) is 1. The predicted molar refractivity (Wildman–Crippen MR) is 62.0 cm³/mol. The van der Waals surface area contributed by atoms with Gasteiger partial charge in [-0.1, -0.05) is 6.07 Å². The van der Waals surface area contributed by atoms with E-state index in [1.54, 1.807) is 7.11 Å². The molecule has 1 aliphatic rings. The number of hydrogen-bond acceptors (Lipinski definition) is 3. The van der Waals surface area contributed by atoms with Gasteiger partial charge in [0.1, 0.15) is 0 Å². The van der Waals surface area contributed by atoms with Crippen molar-refractivity contribution < 1.29 is 4.74 Å². The van der Waals surface area contributed by atoms with Crippen molar-refractivity contribution in [3.8, 4) is 0 Å². The quantitative estimate of drug-likeness (QED) is 0.811. The number of methoxy groups -OCH3 is 1. The van der Waals surface area contributed by atoms with Crippen LogP contribution >= 0.6 is 0 Å². The van der Waals surface area contributed by atoms with Crippen molar-refractivity contribution in [3.63, 3.8) is 0 Å². The van der Waals surface area contributed by atoms with Crippen LogP contribution in [0.3, 0.4) is 0 Å². The van der Waals surface area contributed by atoms with Crippen LogP contribution in [0.2, 0.25) is 0 Å². The van der Waals surface area contributed by atoms with E-state index in [2.05, 4.69) is 28.4 Å². The van der Waals surface area contributed by atoms with Gasteiger partial charge in [-0.3, -0.25) is 4.90 Å². The molecule has 3 heteroatoms. The van der Waals surface area contributed by atoms with Crippen molar-refractivity contribution in [1.29, 1.82) is 0 Å². The number of fused-ring (bicyclic) bond motifs is 1. The molecule has 0 saturated carbocycles. The predicted octanol–water partition coefficient (Wildman–Crippen LogP) is 1.69. The molecule has 82 valence electrons. The van der Waals surface area contributed by atoms with Crippen molar-refractivity contribution in [2.24, 2.45) is 0 Å². The average Bonchev–Trinajstić information content (AvgIpc) is 2.67. The first-order valence-electron chi connectivity index (χ1n) is 5.34. The van der Waals surface area contributed by atoms with Crippen LogP contribution in [0.15, 0.2) is 18.2 Å². The lowest BCUT2D eigenvalue weighted by Gasteiger charge is -2.13. The number of anilines is 1. The highest BCUT2D eigenvalue weighted by atomic mass is 16.5. The van der Waals surface area contributed by atoms with E-state index < -0.39 is 0 Å². The highest BCUT2D eigenvalue weighted by molar-refractivity contribution is 5.49.